The summed E-state index contributed by atoms with van der Waals surface area (Å²) in [5.41, 5.74) is 11.3. The summed E-state index contributed by atoms with van der Waals surface area (Å²) in [5, 5.41) is 13.2. The van der Waals surface area contributed by atoms with E-state index < -0.39 is 0 Å². The van der Waals surface area contributed by atoms with Crippen molar-refractivity contribution in [3.63, 3.8) is 0 Å². The Morgan fingerprint density at radius 2 is 2.14 bits per heavy atom. The molecule has 3 N–H and O–H groups in total. The number of nitrogens with two attached hydrogens (primary N) is 1. The Labute approximate surface area is 164 Å². The summed E-state index contributed by atoms with van der Waals surface area (Å²) in [4.78, 5) is 8.72. The van der Waals surface area contributed by atoms with Crippen molar-refractivity contribution >= 4 is 45.1 Å². The van der Waals surface area contributed by atoms with Crippen molar-refractivity contribution in [2.75, 3.05) is 0 Å². The largest absolute Gasteiger partial charge is 0.375 e. The molecule has 28 heavy (non-hydrogen) atoms. The number of fused-ring (bicyclic) bond motifs is 2. The van der Waals surface area contributed by atoms with Gasteiger partial charge in [0.25, 0.3) is 0 Å². The molecule has 0 aliphatic rings. The van der Waals surface area contributed by atoms with Gasteiger partial charge in [0.2, 0.25) is 0 Å². The Bertz CT molecular complexity index is 1230. The first kappa shape index (κ1) is 17.9. The lowest BCUT2D eigenvalue weighted by atomic mass is 10.1. The van der Waals surface area contributed by atoms with E-state index in [4.69, 9.17) is 18.0 Å². The second-order valence-electron chi connectivity index (χ2n) is 6.10. The van der Waals surface area contributed by atoms with Crippen LogP contribution in [0.15, 0.2) is 47.7 Å². The summed E-state index contributed by atoms with van der Waals surface area (Å²) >= 11 is 4.74. The minimum absolute atomic E-state index is 0.0633. The van der Waals surface area contributed by atoms with Gasteiger partial charge in [0.15, 0.2) is 10.8 Å². The molecule has 0 unspecified atom stereocenters. The van der Waals surface area contributed by atoms with E-state index in [1.165, 1.54) is 6.07 Å². The van der Waals surface area contributed by atoms with Gasteiger partial charge in [-0.15, -0.1) is 5.10 Å². The van der Waals surface area contributed by atoms with Crippen LogP contribution in [0.5, 0.6) is 0 Å². The van der Waals surface area contributed by atoms with E-state index in [2.05, 4.69) is 30.8 Å². The molecular weight excluding hydrogens is 379 g/mol. The SMILES string of the molecule is C/C(=N\NC(N)=S)c1ccc2nnn(Cc3cc4cccnc4cc3F)c2n1. The molecule has 8 nitrogen and oxygen atoms in total. The molecule has 140 valence electrons. The van der Waals surface area contributed by atoms with Crippen molar-refractivity contribution in [3.8, 4) is 0 Å². The Kier molecular flexibility index (Phi) is 4.62. The van der Waals surface area contributed by atoms with Crippen molar-refractivity contribution in [2.24, 2.45) is 10.8 Å². The first-order chi connectivity index (χ1) is 13.5. The number of halogens is 1. The molecule has 10 heteroatoms. The predicted molar refractivity (Wildman–Crippen MR) is 108 cm³/mol. The summed E-state index contributed by atoms with van der Waals surface area (Å²) in [6.45, 7) is 1.95. The molecule has 1 aromatic carbocycles. The minimum Gasteiger partial charge on any atom is -0.375 e. The molecule has 3 heterocycles. The van der Waals surface area contributed by atoms with E-state index in [1.807, 2.05) is 12.1 Å². The van der Waals surface area contributed by atoms with Crippen LogP contribution in [0.25, 0.3) is 22.1 Å². The second kappa shape index (κ2) is 7.24. The normalized spacial score (nSPS) is 11.9. The molecule has 4 rings (SSSR count). The molecule has 0 aliphatic heterocycles. The third kappa shape index (κ3) is 3.49. The number of nitrogens with zero attached hydrogens (tertiary/aromatic N) is 6. The highest BCUT2D eigenvalue weighted by atomic mass is 32.1. The van der Waals surface area contributed by atoms with Gasteiger partial charge in [0, 0.05) is 23.2 Å². The van der Waals surface area contributed by atoms with Crippen molar-refractivity contribution in [1.29, 1.82) is 0 Å². The highest BCUT2D eigenvalue weighted by Crippen LogP contribution is 2.19. The molecule has 0 amide bonds. The number of aromatic nitrogens is 5. The van der Waals surface area contributed by atoms with Crippen molar-refractivity contribution in [1.82, 2.24) is 30.4 Å². The highest BCUT2D eigenvalue weighted by Gasteiger charge is 2.12. The zero-order chi connectivity index (χ0) is 19.7. The summed E-state index contributed by atoms with van der Waals surface area (Å²) in [7, 11) is 0. The molecule has 4 aromatic rings. The number of nitrogens with one attached hydrogen (secondary N) is 1. The van der Waals surface area contributed by atoms with E-state index >= 15 is 0 Å². The molecule has 0 saturated carbocycles. The van der Waals surface area contributed by atoms with Crippen LogP contribution >= 0.6 is 12.2 Å². The molecule has 0 saturated heterocycles. The zero-order valence-electron chi connectivity index (χ0n) is 14.8. The van der Waals surface area contributed by atoms with Crippen LogP contribution in [0, 0.1) is 5.82 Å². The average molecular weight is 394 g/mol. The van der Waals surface area contributed by atoms with Gasteiger partial charge < -0.3 is 5.73 Å². The molecule has 0 atom stereocenters. The van der Waals surface area contributed by atoms with Crippen molar-refractivity contribution in [2.45, 2.75) is 13.5 Å². The standard InChI is InChI=1S/C18H15FN8S/c1-10(23-25-18(20)28)14-4-5-15-17(22-14)27(26-24-15)9-12-7-11-3-2-6-21-16(11)8-13(12)19/h2-8H,9H2,1H3,(H3,20,25,28)/b23-10+. The van der Waals surface area contributed by atoms with Crippen LogP contribution in [0.2, 0.25) is 0 Å². The molecule has 0 fully saturated rings. The maximum atomic E-state index is 14.5. The average Bonchev–Trinajstić information content (AvgIpc) is 3.08. The monoisotopic (exact) mass is 394 g/mol. The molecule has 0 spiro atoms. The van der Waals surface area contributed by atoms with Crippen LogP contribution < -0.4 is 11.2 Å². The molecule has 0 aliphatic carbocycles. The quantitative estimate of drug-likeness (QED) is 0.310. The number of hydrogen-bond donors (Lipinski definition) is 2. The van der Waals surface area contributed by atoms with E-state index in [0.717, 1.165) is 5.39 Å². The van der Waals surface area contributed by atoms with Gasteiger partial charge in [-0.3, -0.25) is 10.4 Å². The molecular formula is C18H15FN8S. The van der Waals surface area contributed by atoms with Gasteiger partial charge >= 0.3 is 0 Å². The second-order valence-corrected chi connectivity index (χ2v) is 6.54. The van der Waals surface area contributed by atoms with Gasteiger partial charge in [-0.25, -0.2) is 14.1 Å². The van der Waals surface area contributed by atoms with Gasteiger partial charge in [0.1, 0.15) is 11.3 Å². The molecule has 3 aromatic heterocycles. The maximum Gasteiger partial charge on any atom is 0.184 e. The lowest BCUT2D eigenvalue weighted by molar-refractivity contribution is 0.583. The number of benzene rings is 1. The fourth-order valence-electron chi connectivity index (χ4n) is 2.78. The van der Waals surface area contributed by atoms with Gasteiger partial charge in [-0.1, -0.05) is 11.3 Å². The van der Waals surface area contributed by atoms with Gasteiger partial charge in [-0.05, 0) is 43.4 Å². The summed E-state index contributed by atoms with van der Waals surface area (Å²) in [6, 6.07) is 10.4. The Morgan fingerprint density at radius 1 is 1.29 bits per heavy atom. The van der Waals surface area contributed by atoms with Crippen LogP contribution in [-0.2, 0) is 6.54 Å². The van der Waals surface area contributed by atoms with Crippen LogP contribution in [-0.4, -0.2) is 35.8 Å². The third-order valence-electron chi connectivity index (χ3n) is 4.16. The summed E-state index contributed by atoms with van der Waals surface area (Å²) < 4.78 is 16.1. The number of thiocarbonyl (C=S) groups is 1. The first-order valence-electron chi connectivity index (χ1n) is 8.35. The third-order valence-corrected chi connectivity index (χ3v) is 4.25. The van der Waals surface area contributed by atoms with Crippen molar-refractivity contribution < 1.29 is 4.39 Å². The van der Waals surface area contributed by atoms with Crippen LogP contribution in [0.3, 0.4) is 0 Å². The first-order valence-corrected chi connectivity index (χ1v) is 8.75. The summed E-state index contributed by atoms with van der Waals surface area (Å²) in [5.74, 6) is -0.357. The highest BCUT2D eigenvalue weighted by molar-refractivity contribution is 7.80. The van der Waals surface area contributed by atoms with E-state index in [1.54, 1.807) is 36.0 Å². The van der Waals surface area contributed by atoms with E-state index in [-0.39, 0.29) is 17.5 Å². The number of hydrogen-bond acceptors (Lipinski definition) is 6. The number of pyridine rings is 2. The van der Waals surface area contributed by atoms with E-state index in [0.29, 0.717) is 33.6 Å². The Balaban J connectivity index is 1.71. The molecule has 0 radical (unpaired) electrons. The van der Waals surface area contributed by atoms with Gasteiger partial charge in [-0.2, -0.15) is 5.10 Å². The maximum absolute atomic E-state index is 14.5. The topological polar surface area (TPSA) is 107 Å². The Hall–Kier alpha value is -3.53. The van der Waals surface area contributed by atoms with Gasteiger partial charge in [0.05, 0.1) is 23.5 Å². The van der Waals surface area contributed by atoms with Crippen LogP contribution in [0.1, 0.15) is 18.2 Å². The zero-order valence-corrected chi connectivity index (χ0v) is 15.6. The van der Waals surface area contributed by atoms with Crippen molar-refractivity contribution in [3.05, 3.63) is 59.7 Å². The lowest BCUT2D eigenvalue weighted by Crippen LogP contribution is -2.25. The Morgan fingerprint density at radius 3 is 2.96 bits per heavy atom. The smallest absolute Gasteiger partial charge is 0.184 e. The molecule has 0 bridgehead atoms. The fraction of sp³-hybridized carbons (Fsp3) is 0.111. The number of rotatable bonds is 4. The minimum atomic E-state index is -0.357. The number of hydrazone groups is 1. The van der Waals surface area contributed by atoms with Crippen LogP contribution in [0.4, 0.5) is 4.39 Å². The van der Waals surface area contributed by atoms with E-state index in [9.17, 15) is 4.39 Å². The predicted octanol–water partition coefficient (Wildman–Crippen LogP) is 2.12. The summed E-state index contributed by atoms with van der Waals surface area (Å²) in [6.07, 6.45) is 1.63. The fourth-order valence-corrected chi connectivity index (χ4v) is 2.83. The lowest BCUT2D eigenvalue weighted by Gasteiger charge is -2.07.